The summed E-state index contributed by atoms with van der Waals surface area (Å²) in [6.45, 7) is 3.77. The molecule has 0 aromatic carbocycles. The van der Waals surface area contributed by atoms with Crippen molar-refractivity contribution in [1.82, 2.24) is 0 Å². The molecule has 52 valence electrons. The van der Waals surface area contributed by atoms with Gasteiger partial charge in [-0.2, -0.15) is 0 Å². The first-order valence-corrected chi connectivity index (χ1v) is 4.19. The average Bonchev–Trinajstić information content (AvgIpc) is 1.89. The molecule has 0 rings (SSSR count). The maximum absolute atomic E-state index is 10.3. The van der Waals surface area contributed by atoms with Gasteiger partial charge in [0.1, 0.15) is 0 Å². The van der Waals surface area contributed by atoms with Gasteiger partial charge in [0.2, 0.25) is 0 Å². The molecule has 0 aliphatic carbocycles. The Hall–Kier alpha value is -0.0600. The SMILES string of the molecule is C=CC(=O)OCCCI. The molecule has 0 fully saturated rings. The summed E-state index contributed by atoms with van der Waals surface area (Å²) in [6, 6.07) is 0. The van der Waals surface area contributed by atoms with Crippen molar-refractivity contribution in [2.45, 2.75) is 6.42 Å². The predicted molar refractivity (Wildman–Crippen MR) is 44.7 cm³/mol. The fraction of sp³-hybridized carbons (Fsp3) is 0.500. The molecule has 9 heavy (non-hydrogen) atoms. The third-order valence-electron chi connectivity index (χ3n) is 0.689. The van der Waals surface area contributed by atoms with E-state index in [-0.39, 0.29) is 5.97 Å². The number of esters is 1. The Balaban J connectivity index is 3.07. The van der Waals surface area contributed by atoms with Crippen LogP contribution in [-0.4, -0.2) is 17.0 Å². The first-order chi connectivity index (χ1) is 4.31. The maximum atomic E-state index is 10.3. The summed E-state index contributed by atoms with van der Waals surface area (Å²) >= 11 is 2.23. The highest BCUT2D eigenvalue weighted by Crippen LogP contribution is 1.89. The standard InChI is InChI=1S/C6H9IO2/c1-2-6(8)9-5-3-4-7/h2H,1,3-5H2. The number of hydrogen-bond acceptors (Lipinski definition) is 2. The van der Waals surface area contributed by atoms with Crippen molar-refractivity contribution in [1.29, 1.82) is 0 Å². The molecule has 0 atom stereocenters. The first kappa shape index (κ1) is 8.94. The highest BCUT2D eigenvalue weighted by Gasteiger charge is 1.91. The van der Waals surface area contributed by atoms with Gasteiger partial charge in [0.25, 0.3) is 0 Å². The average molecular weight is 240 g/mol. The second-order valence-corrected chi connectivity index (χ2v) is 2.49. The van der Waals surface area contributed by atoms with E-state index in [1.165, 1.54) is 6.08 Å². The van der Waals surface area contributed by atoms with E-state index in [4.69, 9.17) is 0 Å². The lowest BCUT2D eigenvalue weighted by atomic mass is 10.5. The van der Waals surface area contributed by atoms with Gasteiger partial charge in [0.05, 0.1) is 6.61 Å². The van der Waals surface area contributed by atoms with Crippen molar-refractivity contribution in [2.24, 2.45) is 0 Å². The van der Waals surface area contributed by atoms with E-state index in [1.807, 2.05) is 0 Å². The van der Waals surface area contributed by atoms with Crippen molar-refractivity contribution >= 4 is 28.6 Å². The fourth-order valence-electron chi connectivity index (χ4n) is 0.286. The molecule has 0 amide bonds. The number of carbonyl (C=O) groups is 1. The summed E-state index contributed by atoms with van der Waals surface area (Å²) in [5, 5.41) is 0. The van der Waals surface area contributed by atoms with Crippen molar-refractivity contribution in [3.63, 3.8) is 0 Å². The van der Waals surface area contributed by atoms with Crippen LogP contribution in [0.3, 0.4) is 0 Å². The maximum Gasteiger partial charge on any atom is 0.330 e. The van der Waals surface area contributed by atoms with Gasteiger partial charge in [-0.15, -0.1) is 0 Å². The predicted octanol–water partition coefficient (Wildman–Crippen LogP) is 1.54. The van der Waals surface area contributed by atoms with Crippen molar-refractivity contribution < 1.29 is 9.53 Å². The Morgan fingerprint density at radius 3 is 2.89 bits per heavy atom. The van der Waals surface area contributed by atoms with Crippen LogP contribution in [0.4, 0.5) is 0 Å². The van der Waals surface area contributed by atoms with Crippen LogP contribution in [-0.2, 0) is 9.53 Å². The van der Waals surface area contributed by atoms with Crippen LogP contribution in [0.25, 0.3) is 0 Å². The summed E-state index contributed by atoms with van der Waals surface area (Å²) in [5.74, 6) is -0.333. The first-order valence-electron chi connectivity index (χ1n) is 2.66. The highest BCUT2D eigenvalue weighted by atomic mass is 127. The monoisotopic (exact) mass is 240 g/mol. The minimum absolute atomic E-state index is 0.333. The lowest BCUT2D eigenvalue weighted by Gasteiger charge is -1.96. The van der Waals surface area contributed by atoms with Crippen LogP contribution in [0.2, 0.25) is 0 Å². The zero-order valence-electron chi connectivity index (χ0n) is 5.10. The summed E-state index contributed by atoms with van der Waals surface area (Å²) in [6.07, 6.45) is 2.09. The van der Waals surface area contributed by atoms with E-state index in [1.54, 1.807) is 0 Å². The Morgan fingerprint density at radius 2 is 2.44 bits per heavy atom. The van der Waals surface area contributed by atoms with Crippen LogP contribution in [0, 0.1) is 0 Å². The minimum atomic E-state index is -0.333. The summed E-state index contributed by atoms with van der Waals surface area (Å²) in [7, 11) is 0. The number of alkyl halides is 1. The van der Waals surface area contributed by atoms with Gasteiger partial charge < -0.3 is 4.74 Å². The largest absolute Gasteiger partial charge is 0.463 e. The van der Waals surface area contributed by atoms with Crippen molar-refractivity contribution in [2.75, 3.05) is 11.0 Å². The molecule has 0 radical (unpaired) electrons. The fourth-order valence-corrected chi connectivity index (χ4v) is 0.598. The van der Waals surface area contributed by atoms with Crippen LogP contribution in [0.1, 0.15) is 6.42 Å². The molecule has 0 aromatic heterocycles. The lowest BCUT2D eigenvalue weighted by molar-refractivity contribution is -0.137. The zero-order valence-corrected chi connectivity index (χ0v) is 7.26. The van der Waals surface area contributed by atoms with E-state index in [2.05, 4.69) is 33.9 Å². The number of hydrogen-bond donors (Lipinski definition) is 0. The van der Waals surface area contributed by atoms with Gasteiger partial charge in [-0.25, -0.2) is 4.79 Å². The summed E-state index contributed by atoms with van der Waals surface area (Å²) in [5.41, 5.74) is 0. The second kappa shape index (κ2) is 6.07. The lowest BCUT2D eigenvalue weighted by Crippen LogP contribution is -2.01. The van der Waals surface area contributed by atoms with E-state index in [9.17, 15) is 4.79 Å². The zero-order chi connectivity index (χ0) is 7.11. The Morgan fingerprint density at radius 1 is 1.78 bits per heavy atom. The molecule has 0 aliphatic heterocycles. The van der Waals surface area contributed by atoms with Crippen LogP contribution >= 0.6 is 22.6 Å². The molecule has 0 saturated heterocycles. The summed E-state index contributed by atoms with van der Waals surface area (Å²) in [4.78, 5) is 10.3. The van der Waals surface area contributed by atoms with Gasteiger partial charge in [-0.3, -0.25) is 0 Å². The van der Waals surface area contributed by atoms with Crippen LogP contribution in [0.5, 0.6) is 0 Å². The van der Waals surface area contributed by atoms with E-state index in [0.29, 0.717) is 6.61 Å². The molecule has 0 heterocycles. The molecule has 2 nitrogen and oxygen atoms in total. The van der Waals surface area contributed by atoms with Gasteiger partial charge in [0, 0.05) is 10.5 Å². The van der Waals surface area contributed by atoms with Crippen LogP contribution in [0.15, 0.2) is 12.7 Å². The number of ether oxygens (including phenoxy) is 1. The number of halogens is 1. The molecular formula is C6H9IO2. The van der Waals surface area contributed by atoms with E-state index < -0.39 is 0 Å². The van der Waals surface area contributed by atoms with Crippen LogP contribution < -0.4 is 0 Å². The Bertz CT molecular complexity index is 101. The van der Waals surface area contributed by atoms with E-state index in [0.717, 1.165) is 10.8 Å². The third kappa shape index (κ3) is 5.82. The second-order valence-electron chi connectivity index (χ2n) is 1.41. The molecule has 0 aliphatic rings. The Labute approximate surface area is 68.4 Å². The molecular weight excluding hydrogens is 231 g/mol. The molecule has 0 unspecified atom stereocenters. The van der Waals surface area contributed by atoms with Gasteiger partial charge in [-0.05, 0) is 6.42 Å². The van der Waals surface area contributed by atoms with Crippen molar-refractivity contribution in [3.05, 3.63) is 12.7 Å². The molecule has 0 spiro atoms. The molecule has 0 N–H and O–H groups in total. The normalized spacial score (nSPS) is 8.56. The van der Waals surface area contributed by atoms with Gasteiger partial charge in [0.15, 0.2) is 0 Å². The van der Waals surface area contributed by atoms with E-state index >= 15 is 0 Å². The van der Waals surface area contributed by atoms with Crippen molar-refractivity contribution in [3.8, 4) is 0 Å². The summed E-state index contributed by atoms with van der Waals surface area (Å²) < 4.78 is 5.69. The highest BCUT2D eigenvalue weighted by molar-refractivity contribution is 14.1. The molecule has 0 bridgehead atoms. The third-order valence-corrected chi connectivity index (χ3v) is 1.45. The molecule has 0 aromatic rings. The topological polar surface area (TPSA) is 26.3 Å². The number of rotatable bonds is 4. The minimum Gasteiger partial charge on any atom is -0.463 e. The Kier molecular flexibility index (Phi) is 6.03. The van der Waals surface area contributed by atoms with Gasteiger partial charge in [-0.1, -0.05) is 29.2 Å². The van der Waals surface area contributed by atoms with Gasteiger partial charge >= 0.3 is 5.97 Å². The molecule has 3 heteroatoms. The number of carbonyl (C=O) groups excluding carboxylic acids is 1. The quantitative estimate of drug-likeness (QED) is 0.245. The molecule has 0 saturated carbocycles. The smallest absolute Gasteiger partial charge is 0.330 e.